The van der Waals surface area contributed by atoms with Crippen molar-refractivity contribution in [3.8, 4) is 11.3 Å². The maximum Gasteiger partial charge on any atom is 0.216 e. The van der Waals surface area contributed by atoms with Gasteiger partial charge in [-0.15, -0.1) is 0 Å². The maximum atomic E-state index is 14.4. The molecule has 0 bridgehead atoms. The third kappa shape index (κ3) is 2.21. The number of aryl methyl sites for hydroxylation is 3. The molecule has 0 N–H and O–H groups in total. The van der Waals surface area contributed by atoms with E-state index >= 15 is 0 Å². The largest absolute Gasteiger partial charge is 0.216 e. The highest BCUT2D eigenvalue weighted by Gasteiger charge is 2.20. The second kappa shape index (κ2) is 4.96. The highest BCUT2D eigenvalue weighted by Crippen LogP contribution is 2.27. The molecule has 2 heteroatoms. The van der Waals surface area contributed by atoms with Crippen molar-refractivity contribution in [1.29, 1.82) is 0 Å². The van der Waals surface area contributed by atoms with Gasteiger partial charge in [-0.05, 0) is 44.0 Å². The van der Waals surface area contributed by atoms with E-state index in [1.54, 1.807) is 6.07 Å². The molecule has 0 atom stereocenters. The molecule has 1 heterocycles. The predicted molar refractivity (Wildman–Crippen MR) is 84.7 cm³/mol. The topological polar surface area (TPSA) is 3.88 Å². The fourth-order valence-corrected chi connectivity index (χ4v) is 2.96. The molecule has 2 aromatic carbocycles. The summed E-state index contributed by atoms with van der Waals surface area (Å²) in [7, 11) is 1.99. The van der Waals surface area contributed by atoms with E-state index in [-0.39, 0.29) is 5.82 Å². The first-order chi connectivity index (χ1) is 9.99. The minimum atomic E-state index is -0.169. The Morgan fingerprint density at radius 1 is 0.952 bits per heavy atom. The van der Waals surface area contributed by atoms with Crippen molar-refractivity contribution in [3.63, 3.8) is 0 Å². The highest BCUT2D eigenvalue weighted by atomic mass is 19.1. The predicted octanol–water partition coefficient (Wildman–Crippen LogP) is 4.40. The van der Waals surface area contributed by atoms with Crippen molar-refractivity contribution in [2.75, 3.05) is 0 Å². The lowest BCUT2D eigenvalue weighted by atomic mass is 9.97. The summed E-state index contributed by atoms with van der Waals surface area (Å²) in [5.74, 6) is -0.169. The van der Waals surface area contributed by atoms with E-state index in [9.17, 15) is 4.39 Å². The van der Waals surface area contributed by atoms with Crippen LogP contribution in [0.5, 0.6) is 0 Å². The lowest BCUT2D eigenvalue weighted by Gasteiger charge is -2.10. The zero-order valence-electron chi connectivity index (χ0n) is 12.9. The van der Waals surface area contributed by atoms with Gasteiger partial charge in [0, 0.05) is 17.7 Å². The highest BCUT2D eigenvalue weighted by molar-refractivity contribution is 5.78. The van der Waals surface area contributed by atoms with Crippen LogP contribution in [0, 0.1) is 26.6 Å². The van der Waals surface area contributed by atoms with Crippen LogP contribution in [-0.4, -0.2) is 0 Å². The molecule has 0 saturated heterocycles. The molecule has 0 spiro atoms. The molecular formula is C19H19FN+. The van der Waals surface area contributed by atoms with Gasteiger partial charge in [-0.3, -0.25) is 0 Å². The average molecular weight is 280 g/mol. The lowest BCUT2D eigenvalue weighted by Crippen LogP contribution is -2.32. The van der Waals surface area contributed by atoms with Crippen molar-refractivity contribution in [2.45, 2.75) is 20.8 Å². The van der Waals surface area contributed by atoms with Crippen LogP contribution in [0.15, 0.2) is 42.5 Å². The summed E-state index contributed by atoms with van der Waals surface area (Å²) in [5.41, 5.74) is 6.55. The van der Waals surface area contributed by atoms with E-state index in [0.29, 0.717) is 5.39 Å². The number of para-hydroxylation sites is 1. The van der Waals surface area contributed by atoms with Crippen LogP contribution in [0.4, 0.5) is 4.39 Å². The van der Waals surface area contributed by atoms with Gasteiger partial charge in [0.1, 0.15) is 12.9 Å². The summed E-state index contributed by atoms with van der Waals surface area (Å²) in [6.45, 7) is 6.27. The molecule has 0 amide bonds. The first-order valence-electron chi connectivity index (χ1n) is 7.14. The molecule has 0 unspecified atom stereocenters. The summed E-state index contributed by atoms with van der Waals surface area (Å²) in [6.07, 6.45) is 0. The normalized spacial score (nSPS) is 11.1. The SMILES string of the molecule is Cc1cc(C)c(C)c(-c2cc(F)c3ccccc3[n+]2C)c1. The molecule has 1 aromatic heterocycles. The Hall–Kier alpha value is -2.22. The zero-order chi connectivity index (χ0) is 15.1. The van der Waals surface area contributed by atoms with Gasteiger partial charge in [0.2, 0.25) is 11.2 Å². The number of hydrogen-bond acceptors (Lipinski definition) is 0. The number of pyridine rings is 1. The van der Waals surface area contributed by atoms with Gasteiger partial charge in [0.25, 0.3) is 0 Å². The van der Waals surface area contributed by atoms with E-state index in [1.807, 2.05) is 31.3 Å². The Labute approximate surface area is 124 Å². The van der Waals surface area contributed by atoms with Crippen LogP contribution in [0.1, 0.15) is 16.7 Å². The first-order valence-corrected chi connectivity index (χ1v) is 7.14. The zero-order valence-corrected chi connectivity index (χ0v) is 12.9. The number of rotatable bonds is 1. The number of halogens is 1. The van der Waals surface area contributed by atoms with Gasteiger partial charge in [-0.25, -0.2) is 4.39 Å². The van der Waals surface area contributed by atoms with E-state index in [0.717, 1.165) is 16.8 Å². The Kier molecular flexibility index (Phi) is 3.25. The fraction of sp³-hybridized carbons (Fsp3) is 0.211. The van der Waals surface area contributed by atoms with Crippen LogP contribution < -0.4 is 4.57 Å². The molecule has 0 saturated carbocycles. The van der Waals surface area contributed by atoms with E-state index < -0.39 is 0 Å². The maximum absolute atomic E-state index is 14.4. The molecule has 0 aliphatic rings. The second-order valence-electron chi connectivity index (χ2n) is 5.71. The van der Waals surface area contributed by atoms with Crippen LogP contribution in [-0.2, 0) is 7.05 Å². The Morgan fingerprint density at radius 2 is 1.67 bits per heavy atom. The third-order valence-corrected chi connectivity index (χ3v) is 4.24. The third-order valence-electron chi connectivity index (χ3n) is 4.24. The minimum absolute atomic E-state index is 0.169. The molecule has 21 heavy (non-hydrogen) atoms. The van der Waals surface area contributed by atoms with E-state index in [2.05, 4.69) is 37.5 Å². The Morgan fingerprint density at radius 3 is 2.43 bits per heavy atom. The molecule has 0 aliphatic carbocycles. The van der Waals surface area contributed by atoms with Gasteiger partial charge in [-0.2, -0.15) is 4.57 Å². The van der Waals surface area contributed by atoms with Gasteiger partial charge >= 0.3 is 0 Å². The van der Waals surface area contributed by atoms with Crippen molar-refractivity contribution in [2.24, 2.45) is 7.05 Å². The number of aromatic nitrogens is 1. The minimum Gasteiger partial charge on any atom is -0.206 e. The molecule has 0 fully saturated rings. The van der Waals surface area contributed by atoms with Crippen molar-refractivity contribution < 1.29 is 8.96 Å². The summed E-state index contributed by atoms with van der Waals surface area (Å²) in [4.78, 5) is 0. The van der Waals surface area contributed by atoms with Crippen LogP contribution in [0.25, 0.3) is 22.2 Å². The lowest BCUT2D eigenvalue weighted by molar-refractivity contribution is -0.633. The molecule has 0 aliphatic heterocycles. The van der Waals surface area contributed by atoms with E-state index in [1.165, 1.54) is 16.7 Å². The number of nitrogens with zero attached hydrogens (tertiary/aromatic N) is 1. The van der Waals surface area contributed by atoms with Gasteiger partial charge in [-0.1, -0.05) is 23.8 Å². The van der Waals surface area contributed by atoms with E-state index in [4.69, 9.17) is 0 Å². The second-order valence-corrected chi connectivity index (χ2v) is 5.71. The summed E-state index contributed by atoms with van der Waals surface area (Å²) < 4.78 is 16.5. The molecule has 0 radical (unpaired) electrons. The number of fused-ring (bicyclic) bond motifs is 1. The Balaban J connectivity index is 2.39. The van der Waals surface area contributed by atoms with Crippen molar-refractivity contribution in [1.82, 2.24) is 0 Å². The summed E-state index contributed by atoms with van der Waals surface area (Å²) >= 11 is 0. The standard InChI is InChI=1S/C19H19FN/c1-12-9-13(2)14(3)16(10-12)19-11-17(20)15-7-5-6-8-18(15)21(19)4/h5-11H,1-4H3/q+1. The molecule has 1 nitrogen and oxygen atoms in total. The average Bonchev–Trinajstić information content (AvgIpc) is 2.47. The monoisotopic (exact) mass is 280 g/mol. The smallest absolute Gasteiger partial charge is 0.206 e. The first kappa shape index (κ1) is 13.7. The fourth-order valence-electron chi connectivity index (χ4n) is 2.96. The number of benzene rings is 2. The van der Waals surface area contributed by atoms with Gasteiger partial charge in [0.05, 0.1) is 5.39 Å². The molecule has 3 rings (SSSR count). The Bertz CT molecular complexity index is 850. The number of hydrogen-bond donors (Lipinski definition) is 0. The molecule has 106 valence electrons. The van der Waals surface area contributed by atoms with Gasteiger partial charge < -0.3 is 0 Å². The van der Waals surface area contributed by atoms with Gasteiger partial charge in [0.15, 0.2) is 0 Å². The van der Waals surface area contributed by atoms with Crippen molar-refractivity contribution in [3.05, 3.63) is 65.0 Å². The quantitative estimate of drug-likeness (QED) is 0.582. The van der Waals surface area contributed by atoms with Crippen molar-refractivity contribution >= 4 is 10.9 Å². The molecule has 3 aromatic rings. The summed E-state index contributed by atoms with van der Waals surface area (Å²) in [6, 6.07) is 13.5. The molecular weight excluding hydrogens is 261 g/mol. The summed E-state index contributed by atoms with van der Waals surface area (Å²) in [5, 5.41) is 0.658. The van der Waals surface area contributed by atoms with Crippen LogP contribution in [0.3, 0.4) is 0 Å². The van der Waals surface area contributed by atoms with Crippen LogP contribution in [0.2, 0.25) is 0 Å². The van der Waals surface area contributed by atoms with Crippen LogP contribution >= 0.6 is 0 Å².